The number of aliphatic carboxylic acids is 1. The van der Waals surface area contributed by atoms with Gasteiger partial charge in [-0.15, -0.1) is 0 Å². The van der Waals surface area contributed by atoms with Crippen molar-refractivity contribution in [3.8, 4) is 0 Å². The van der Waals surface area contributed by atoms with E-state index in [1.807, 2.05) is 6.08 Å². The third-order valence-electron chi connectivity index (χ3n) is 7.15. The predicted molar refractivity (Wildman–Crippen MR) is 185 cm³/mol. The molecule has 0 radical (unpaired) electrons. The molecule has 0 fully saturated rings. The summed E-state index contributed by atoms with van der Waals surface area (Å²) >= 11 is 0. The van der Waals surface area contributed by atoms with Crippen LogP contribution in [0.2, 0.25) is 0 Å². The summed E-state index contributed by atoms with van der Waals surface area (Å²) in [5.41, 5.74) is 0. The number of unbranched alkanes of at least 4 members (excludes halogenated alkanes) is 11. The summed E-state index contributed by atoms with van der Waals surface area (Å²) in [6.07, 6.45) is 47.8. The van der Waals surface area contributed by atoms with Crippen molar-refractivity contribution in [3.05, 3.63) is 72.9 Å². The average molecular weight is 597 g/mol. The Morgan fingerprint density at radius 3 is 1.63 bits per heavy atom. The molecule has 1 N–H and O–H groups in total. The normalized spacial score (nSPS) is 13.2. The largest absolute Gasteiger partial charge is 0.481 e. The first kappa shape index (κ1) is 40.4. The Balaban J connectivity index is 4.16. The van der Waals surface area contributed by atoms with Gasteiger partial charge >= 0.3 is 11.9 Å². The van der Waals surface area contributed by atoms with Crippen LogP contribution in [0, 0.1) is 0 Å². The van der Waals surface area contributed by atoms with Crippen molar-refractivity contribution in [2.75, 3.05) is 0 Å². The van der Waals surface area contributed by atoms with Crippen LogP contribution < -0.4 is 0 Å². The molecule has 4 heteroatoms. The molecule has 0 saturated heterocycles. The average Bonchev–Trinajstić information content (AvgIpc) is 2.99. The molecule has 1 atom stereocenters. The van der Waals surface area contributed by atoms with E-state index in [-0.39, 0.29) is 18.5 Å². The molecule has 4 nitrogen and oxygen atoms in total. The Labute approximate surface area is 265 Å². The third-order valence-corrected chi connectivity index (χ3v) is 7.15. The van der Waals surface area contributed by atoms with Gasteiger partial charge in [0.25, 0.3) is 0 Å². The molecule has 244 valence electrons. The molecule has 43 heavy (non-hydrogen) atoms. The zero-order valence-electron chi connectivity index (χ0n) is 27.7. The summed E-state index contributed by atoms with van der Waals surface area (Å²) in [5.74, 6) is -0.839. The van der Waals surface area contributed by atoms with Crippen LogP contribution in [0.25, 0.3) is 0 Å². The third kappa shape index (κ3) is 33.7. The minimum Gasteiger partial charge on any atom is -0.481 e. The zero-order chi connectivity index (χ0) is 31.5. The number of rotatable bonds is 30. The molecular weight excluding hydrogens is 532 g/mol. The lowest BCUT2D eigenvalue weighted by molar-refractivity contribution is -0.147. The van der Waals surface area contributed by atoms with Gasteiger partial charge in [0.05, 0.1) is 0 Å². The molecule has 0 heterocycles. The van der Waals surface area contributed by atoms with Crippen LogP contribution in [0.3, 0.4) is 0 Å². The maximum Gasteiger partial charge on any atom is 0.306 e. The van der Waals surface area contributed by atoms with Crippen molar-refractivity contribution >= 4 is 11.9 Å². The van der Waals surface area contributed by atoms with Gasteiger partial charge < -0.3 is 9.84 Å². The van der Waals surface area contributed by atoms with Crippen molar-refractivity contribution < 1.29 is 19.4 Å². The standard InChI is InChI=1S/C39H64O4/c1-3-5-7-9-11-13-14-15-16-17-18-19-20-22-24-26-32-36-39(42)43-37(34-30-27-28-31-35-38(40)41)33-29-25-23-21-12-10-8-6-4-2/h5,7,11,13,15-16,18-19,21,23,29,33,37H,3-4,6,8-10,12,14,17,20,22,24-28,30-32,34-36H2,1-2H3,(H,40,41)/b7-5-,13-11-,16-15-,19-18-,23-21-,33-29-. The smallest absolute Gasteiger partial charge is 0.306 e. The summed E-state index contributed by atoms with van der Waals surface area (Å²) in [6.45, 7) is 4.39. The number of esters is 1. The van der Waals surface area contributed by atoms with Crippen LogP contribution in [0.5, 0.6) is 0 Å². The van der Waals surface area contributed by atoms with Crippen LogP contribution >= 0.6 is 0 Å². The van der Waals surface area contributed by atoms with E-state index in [0.717, 1.165) is 96.3 Å². The number of hydrogen-bond donors (Lipinski definition) is 1. The second-order valence-corrected chi connectivity index (χ2v) is 11.3. The molecule has 0 aromatic carbocycles. The zero-order valence-corrected chi connectivity index (χ0v) is 27.7. The van der Waals surface area contributed by atoms with Gasteiger partial charge in [0.1, 0.15) is 6.10 Å². The molecule has 0 bridgehead atoms. The lowest BCUT2D eigenvalue weighted by atomic mass is 10.1. The van der Waals surface area contributed by atoms with Crippen molar-refractivity contribution in [2.24, 2.45) is 0 Å². The van der Waals surface area contributed by atoms with E-state index in [4.69, 9.17) is 9.84 Å². The fourth-order valence-electron chi connectivity index (χ4n) is 4.59. The van der Waals surface area contributed by atoms with Crippen LogP contribution in [-0.4, -0.2) is 23.1 Å². The number of carboxylic acids is 1. The topological polar surface area (TPSA) is 63.6 Å². The number of hydrogen-bond acceptors (Lipinski definition) is 3. The summed E-state index contributed by atoms with van der Waals surface area (Å²) in [4.78, 5) is 23.2. The number of ether oxygens (including phenoxy) is 1. The van der Waals surface area contributed by atoms with Crippen molar-refractivity contribution in [3.63, 3.8) is 0 Å². The van der Waals surface area contributed by atoms with Gasteiger partial charge in [0, 0.05) is 12.8 Å². The number of carbonyl (C=O) groups is 2. The highest BCUT2D eigenvalue weighted by Gasteiger charge is 2.11. The molecule has 0 aliphatic heterocycles. The Morgan fingerprint density at radius 1 is 0.558 bits per heavy atom. The van der Waals surface area contributed by atoms with Crippen LogP contribution in [0.4, 0.5) is 0 Å². The van der Waals surface area contributed by atoms with Gasteiger partial charge in [-0.25, -0.2) is 0 Å². The van der Waals surface area contributed by atoms with Gasteiger partial charge in [-0.1, -0.05) is 126 Å². The van der Waals surface area contributed by atoms with E-state index in [1.54, 1.807) is 0 Å². The number of carbonyl (C=O) groups excluding carboxylic acids is 1. The first-order valence-corrected chi connectivity index (χ1v) is 17.4. The molecule has 0 aromatic heterocycles. The van der Waals surface area contributed by atoms with Crippen LogP contribution in [0.1, 0.15) is 155 Å². The maximum atomic E-state index is 12.5. The first-order valence-electron chi connectivity index (χ1n) is 17.4. The molecule has 1 unspecified atom stereocenters. The van der Waals surface area contributed by atoms with Crippen molar-refractivity contribution in [1.82, 2.24) is 0 Å². The van der Waals surface area contributed by atoms with E-state index in [2.05, 4.69) is 80.7 Å². The Morgan fingerprint density at radius 2 is 1.05 bits per heavy atom. The molecule has 0 spiro atoms. The van der Waals surface area contributed by atoms with E-state index in [1.165, 1.54) is 25.7 Å². The Bertz CT molecular complexity index is 815. The second kappa shape index (κ2) is 33.9. The molecular formula is C39H64O4. The maximum absolute atomic E-state index is 12.5. The summed E-state index contributed by atoms with van der Waals surface area (Å²) in [7, 11) is 0. The predicted octanol–water partition coefficient (Wildman–Crippen LogP) is 11.9. The number of carboxylic acid groups (broad SMARTS) is 1. The Kier molecular flexibility index (Phi) is 31.8. The molecule has 0 aromatic rings. The van der Waals surface area contributed by atoms with Gasteiger partial charge in [0.15, 0.2) is 0 Å². The fraction of sp³-hybridized carbons (Fsp3) is 0.641. The molecule has 0 aliphatic rings. The number of allylic oxidation sites excluding steroid dienone is 11. The van der Waals surface area contributed by atoms with Gasteiger partial charge in [-0.3, -0.25) is 9.59 Å². The van der Waals surface area contributed by atoms with Crippen molar-refractivity contribution in [2.45, 2.75) is 161 Å². The highest BCUT2D eigenvalue weighted by Crippen LogP contribution is 2.14. The summed E-state index contributed by atoms with van der Waals surface area (Å²) in [5, 5.41) is 8.80. The first-order chi connectivity index (χ1) is 21.1. The van der Waals surface area contributed by atoms with E-state index < -0.39 is 5.97 Å². The highest BCUT2D eigenvalue weighted by atomic mass is 16.5. The monoisotopic (exact) mass is 596 g/mol. The highest BCUT2D eigenvalue weighted by molar-refractivity contribution is 5.69. The van der Waals surface area contributed by atoms with E-state index in [9.17, 15) is 9.59 Å². The molecule has 0 amide bonds. The summed E-state index contributed by atoms with van der Waals surface area (Å²) in [6, 6.07) is 0. The SMILES string of the molecule is CC/C=C\C/C=C\C/C=C\C/C=C\CCCCCCC(=O)OC(/C=C\C/C=C\CCCCCC)CCCCCCC(=O)O. The molecule has 0 rings (SSSR count). The van der Waals surface area contributed by atoms with Crippen LogP contribution in [0.15, 0.2) is 72.9 Å². The minimum atomic E-state index is -0.733. The van der Waals surface area contributed by atoms with Gasteiger partial charge in [-0.2, -0.15) is 0 Å². The van der Waals surface area contributed by atoms with Crippen LogP contribution in [-0.2, 0) is 14.3 Å². The van der Waals surface area contributed by atoms with Crippen molar-refractivity contribution in [1.29, 1.82) is 0 Å². The fourth-order valence-corrected chi connectivity index (χ4v) is 4.59. The molecule has 0 saturated carbocycles. The quantitative estimate of drug-likeness (QED) is 0.0509. The Hall–Kier alpha value is -2.62. The lowest BCUT2D eigenvalue weighted by Crippen LogP contribution is -2.16. The second-order valence-electron chi connectivity index (χ2n) is 11.3. The summed E-state index contributed by atoms with van der Waals surface area (Å²) < 4.78 is 5.83. The minimum absolute atomic E-state index is 0.106. The van der Waals surface area contributed by atoms with Gasteiger partial charge in [-0.05, 0) is 89.5 Å². The van der Waals surface area contributed by atoms with E-state index >= 15 is 0 Å². The lowest BCUT2D eigenvalue weighted by Gasteiger charge is -2.14. The van der Waals surface area contributed by atoms with Gasteiger partial charge in [0.2, 0.25) is 0 Å². The molecule has 0 aliphatic carbocycles. The van der Waals surface area contributed by atoms with E-state index in [0.29, 0.717) is 12.8 Å².